The normalized spacial score (nSPS) is 28.7. The molecule has 1 aliphatic rings. The van der Waals surface area contributed by atoms with Gasteiger partial charge in [-0.2, -0.15) is 4.98 Å². The fourth-order valence-electron chi connectivity index (χ4n) is 2.30. The minimum absolute atomic E-state index is 0.0752. The molecule has 2 aromatic rings. The van der Waals surface area contributed by atoms with Crippen LogP contribution in [0.1, 0.15) is 12.6 Å². The molecule has 3 rings (SSSR count). The first kappa shape index (κ1) is 13.5. The Hall–Kier alpha value is -2.46. The van der Waals surface area contributed by atoms with Gasteiger partial charge in [0.1, 0.15) is 11.7 Å². The fourth-order valence-corrected chi connectivity index (χ4v) is 2.30. The number of nitrogens with two attached hydrogens (primary N) is 1. The Morgan fingerprint density at radius 3 is 3.14 bits per heavy atom. The number of anilines is 1. The van der Waals surface area contributed by atoms with E-state index in [1.807, 2.05) is 0 Å². The summed E-state index contributed by atoms with van der Waals surface area (Å²) in [6, 6.07) is 0. The molecule has 0 saturated carbocycles. The second kappa shape index (κ2) is 4.82. The topological polar surface area (TPSA) is 168 Å². The minimum atomic E-state index is -1.71. The van der Waals surface area contributed by atoms with Gasteiger partial charge in [-0.3, -0.25) is 4.57 Å². The molecule has 0 spiro atoms. The van der Waals surface area contributed by atoms with Crippen molar-refractivity contribution in [2.75, 3.05) is 12.3 Å². The Labute approximate surface area is 117 Å². The molecular formula is C10H12N8O3. The van der Waals surface area contributed by atoms with Gasteiger partial charge in [-0.1, -0.05) is 5.11 Å². The summed E-state index contributed by atoms with van der Waals surface area (Å²) in [6.07, 6.45) is 1.18. The summed E-state index contributed by atoms with van der Waals surface area (Å²) in [4.78, 5) is 14.6. The number of nitrogens with zero attached hydrogens (tertiary/aromatic N) is 7. The number of ether oxygens (including phenoxy) is 1. The summed E-state index contributed by atoms with van der Waals surface area (Å²) in [6.45, 7) is -0.640. The lowest BCUT2D eigenvalue weighted by molar-refractivity contribution is -0.122. The van der Waals surface area contributed by atoms with Crippen LogP contribution < -0.4 is 5.73 Å². The lowest BCUT2D eigenvalue weighted by atomic mass is 10.1. The average Bonchev–Trinajstić information content (AvgIpc) is 3.01. The van der Waals surface area contributed by atoms with E-state index in [2.05, 4.69) is 25.0 Å². The van der Waals surface area contributed by atoms with Crippen molar-refractivity contribution in [1.29, 1.82) is 0 Å². The van der Waals surface area contributed by atoms with Crippen LogP contribution in [0.15, 0.2) is 17.6 Å². The zero-order valence-corrected chi connectivity index (χ0v) is 10.7. The maximum Gasteiger partial charge on any atom is 0.222 e. The zero-order chi connectivity index (χ0) is 15.0. The predicted molar refractivity (Wildman–Crippen MR) is 69.4 cm³/mol. The summed E-state index contributed by atoms with van der Waals surface area (Å²) in [7, 11) is 0. The van der Waals surface area contributed by atoms with Gasteiger partial charge in [0.05, 0.1) is 25.2 Å². The molecule has 0 aliphatic carbocycles. The van der Waals surface area contributed by atoms with E-state index in [0.29, 0.717) is 11.2 Å². The van der Waals surface area contributed by atoms with Gasteiger partial charge in [0.2, 0.25) is 5.95 Å². The third-order valence-corrected chi connectivity index (χ3v) is 3.37. The molecule has 0 amide bonds. The van der Waals surface area contributed by atoms with Crippen molar-refractivity contribution in [3.05, 3.63) is 23.0 Å². The number of aliphatic hydroxyl groups is 2. The number of nitrogen functional groups attached to an aromatic ring is 1. The summed E-state index contributed by atoms with van der Waals surface area (Å²) in [5.74, 6) is 0.0752. The van der Waals surface area contributed by atoms with Crippen molar-refractivity contribution in [2.45, 2.75) is 24.5 Å². The standard InChI is InChI=1S/C10H12N8O3/c11-9-13-2-5-8(15-9)18(4-14-5)7-1-6(20)10(3-19,21-7)16-17-12/h2,4,6-7,19-20H,1,3H2,(H2,11,13,15)/t6-,7-,10+/m0/s1. The second-order valence-electron chi connectivity index (χ2n) is 4.61. The number of rotatable bonds is 3. The van der Waals surface area contributed by atoms with E-state index in [1.165, 1.54) is 12.5 Å². The van der Waals surface area contributed by atoms with E-state index < -0.39 is 24.7 Å². The van der Waals surface area contributed by atoms with Crippen LogP contribution in [0.2, 0.25) is 0 Å². The van der Waals surface area contributed by atoms with Crippen molar-refractivity contribution in [1.82, 2.24) is 19.5 Å². The van der Waals surface area contributed by atoms with E-state index in [4.69, 9.17) is 16.0 Å². The zero-order valence-electron chi connectivity index (χ0n) is 10.7. The number of hydrogen-bond acceptors (Lipinski definition) is 8. The molecule has 3 atom stereocenters. The molecule has 1 saturated heterocycles. The largest absolute Gasteiger partial charge is 0.393 e. The van der Waals surface area contributed by atoms with Crippen LogP contribution in [0.25, 0.3) is 21.6 Å². The summed E-state index contributed by atoms with van der Waals surface area (Å²) in [5.41, 5.74) is 13.3. The molecule has 1 fully saturated rings. The van der Waals surface area contributed by atoms with Crippen molar-refractivity contribution in [2.24, 2.45) is 5.11 Å². The molecule has 0 radical (unpaired) electrons. The quantitative estimate of drug-likeness (QED) is 0.395. The van der Waals surface area contributed by atoms with Gasteiger partial charge in [0, 0.05) is 11.3 Å². The Morgan fingerprint density at radius 1 is 1.62 bits per heavy atom. The van der Waals surface area contributed by atoms with Crippen LogP contribution in [0, 0.1) is 0 Å². The third kappa shape index (κ3) is 2.04. The van der Waals surface area contributed by atoms with Gasteiger partial charge >= 0.3 is 0 Å². The van der Waals surface area contributed by atoms with Gasteiger partial charge in [-0.15, -0.1) is 0 Å². The van der Waals surface area contributed by atoms with Crippen molar-refractivity contribution in [3.63, 3.8) is 0 Å². The van der Waals surface area contributed by atoms with E-state index in [1.54, 1.807) is 4.57 Å². The Morgan fingerprint density at radius 2 is 2.43 bits per heavy atom. The molecule has 3 heterocycles. The Balaban J connectivity index is 2.01. The van der Waals surface area contributed by atoms with Crippen molar-refractivity contribution in [3.8, 4) is 0 Å². The van der Waals surface area contributed by atoms with E-state index >= 15 is 0 Å². The Kier molecular flexibility index (Phi) is 3.11. The Bertz CT molecular complexity index is 726. The number of fused-ring (bicyclic) bond motifs is 1. The smallest absolute Gasteiger partial charge is 0.222 e. The monoisotopic (exact) mass is 292 g/mol. The minimum Gasteiger partial charge on any atom is -0.393 e. The highest BCUT2D eigenvalue weighted by Crippen LogP contribution is 2.38. The van der Waals surface area contributed by atoms with Crippen LogP contribution in [0.3, 0.4) is 0 Å². The number of aromatic nitrogens is 4. The number of hydrogen-bond donors (Lipinski definition) is 3. The highest BCUT2D eigenvalue weighted by Gasteiger charge is 2.48. The predicted octanol–water partition coefficient (Wildman–Crippen LogP) is -0.313. The molecular weight excluding hydrogens is 280 g/mol. The SMILES string of the molecule is [N-]=[N+]=N[C@]1(CO)O[C@H](n2cnc3cnc(N)nc32)C[C@@H]1O. The molecule has 2 aromatic heterocycles. The number of imidazole rings is 1. The molecule has 0 bridgehead atoms. The summed E-state index contributed by atoms with van der Waals surface area (Å²) in [5, 5.41) is 22.8. The first-order chi connectivity index (χ1) is 10.1. The van der Waals surface area contributed by atoms with Crippen molar-refractivity contribution >= 4 is 17.1 Å². The van der Waals surface area contributed by atoms with Gasteiger partial charge < -0.3 is 20.7 Å². The first-order valence-corrected chi connectivity index (χ1v) is 6.07. The molecule has 11 nitrogen and oxygen atoms in total. The van der Waals surface area contributed by atoms with Crippen LogP contribution in [0.5, 0.6) is 0 Å². The second-order valence-corrected chi connectivity index (χ2v) is 4.61. The molecule has 11 heteroatoms. The van der Waals surface area contributed by atoms with Crippen LogP contribution in [-0.2, 0) is 4.74 Å². The molecule has 21 heavy (non-hydrogen) atoms. The van der Waals surface area contributed by atoms with Crippen molar-refractivity contribution < 1.29 is 14.9 Å². The van der Waals surface area contributed by atoms with Gasteiger partial charge in [0.25, 0.3) is 0 Å². The molecule has 110 valence electrons. The van der Waals surface area contributed by atoms with E-state index in [9.17, 15) is 10.2 Å². The van der Waals surface area contributed by atoms with Crippen LogP contribution >= 0.6 is 0 Å². The average molecular weight is 292 g/mol. The van der Waals surface area contributed by atoms with Crippen LogP contribution in [0.4, 0.5) is 5.95 Å². The first-order valence-electron chi connectivity index (χ1n) is 6.07. The molecule has 4 N–H and O–H groups in total. The van der Waals surface area contributed by atoms with Gasteiger partial charge in [-0.25, -0.2) is 9.97 Å². The lowest BCUT2D eigenvalue weighted by Gasteiger charge is -2.24. The third-order valence-electron chi connectivity index (χ3n) is 3.37. The fraction of sp³-hybridized carbons (Fsp3) is 0.500. The van der Waals surface area contributed by atoms with E-state index in [0.717, 1.165) is 0 Å². The van der Waals surface area contributed by atoms with Gasteiger partial charge in [-0.05, 0) is 5.53 Å². The maximum atomic E-state index is 10.0. The number of aliphatic hydroxyl groups excluding tert-OH is 2. The molecule has 0 unspecified atom stereocenters. The van der Waals surface area contributed by atoms with Crippen LogP contribution in [-0.4, -0.2) is 48.2 Å². The summed E-state index contributed by atoms with van der Waals surface area (Å²) < 4.78 is 7.09. The highest BCUT2D eigenvalue weighted by molar-refractivity contribution is 5.70. The van der Waals surface area contributed by atoms with E-state index in [-0.39, 0.29) is 12.4 Å². The van der Waals surface area contributed by atoms with Gasteiger partial charge in [0.15, 0.2) is 11.4 Å². The molecule has 1 aliphatic heterocycles. The summed E-state index contributed by atoms with van der Waals surface area (Å²) >= 11 is 0. The maximum absolute atomic E-state index is 10.0. The molecule has 0 aromatic carbocycles. The highest BCUT2D eigenvalue weighted by atomic mass is 16.6. The lowest BCUT2D eigenvalue weighted by Crippen LogP contribution is -2.40. The number of azide groups is 1.